The lowest BCUT2D eigenvalue weighted by Gasteiger charge is -2.24. The van der Waals surface area contributed by atoms with E-state index in [1.807, 2.05) is 29.2 Å². The van der Waals surface area contributed by atoms with E-state index < -0.39 is 9.84 Å². The molecule has 1 amide bonds. The van der Waals surface area contributed by atoms with Crippen molar-refractivity contribution in [3.8, 4) is 0 Å². The molecule has 0 bridgehead atoms. The van der Waals surface area contributed by atoms with Gasteiger partial charge in [0, 0.05) is 20.4 Å². The molecule has 2 aromatic rings. The Kier molecular flexibility index (Phi) is 5.57. The van der Waals surface area contributed by atoms with E-state index in [1.54, 1.807) is 24.3 Å². The molecule has 2 fully saturated rings. The molecule has 0 spiro atoms. The second-order valence-corrected chi connectivity index (χ2v) is 11.5. The molecule has 28 heavy (non-hydrogen) atoms. The maximum Gasteiger partial charge on any atom is 0.252 e. The van der Waals surface area contributed by atoms with Crippen LogP contribution in [0.3, 0.4) is 0 Å². The molecule has 0 aliphatic carbocycles. The van der Waals surface area contributed by atoms with E-state index in [1.165, 1.54) is 11.8 Å². The van der Waals surface area contributed by atoms with Crippen molar-refractivity contribution in [1.29, 1.82) is 0 Å². The van der Waals surface area contributed by atoms with Gasteiger partial charge in [-0.3, -0.25) is 4.79 Å². The van der Waals surface area contributed by atoms with E-state index in [0.29, 0.717) is 10.2 Å². The van der Waals surface area contributed by atoms with Crippen molar-refractivity contribution < 1.29 is 13.2 Å². The number of nitrogens with zero attached hydrogens (tertiary/aromatic N) is 2. The second kappa shape index (κ2) is 7.82. The van der Waals surface area contributed by atoms with Crippen LogP contribution in [-0.2, 0) is 21.1 Å². The van der Waals surface area contributed by atoms with Crippen molar-refractivity contribution in [2.75, 3.05) is 16.4 Å². The van der Waals surface area contributed by atoms with Gasteiger partial charge in [0.15, 0.2) is 15.0 Å². The topological polar surface area (TPSA) is 66.8 Å². The SMILES string of the molecule is O=C(Cc1ccc(Cl)cc1)N=C1S[C@H]2CS(=O)(=O)C[C@H]2N1c1ccc(Br)cc1. The van der Waals surface area contributed by atoms with Gasteiger partial charge in [-0.25, -0.2) is 8.42 Å². The Hall–Kier alpha value is -1.35. The van der Waals surface area contributed by atoms with Crippen LogP contribution in [0.2, 0.25) is 5.02 Å². The highest BCUT2D eigenvalue weighted by molar-refractivity contribution is 9.10. The first kappa shape index (κ1) is 19.9. The number of amides is 1. The quantitative estimate of drug-likeness (QED) is 0.640. The molecule has 146 valence electrons. The van der Waals surface area contributed by atoms with Crippen molar-refractivity contribution in [2.45, 2.75) is 17.7 Å². The number of carbonyl (C=O) groups excluding carboxylic acids is 1. The molecule has 9 heteroatoms. The summed E-state index contributed by atoms with van der Waals surface area (Å²) in [7, 11) is -3.08. The molecule has 2 atom stereocenters. The summed E-state index contributed by atoms with van der Waals surface area (Å²) in [6.07, 6.45) is 0.170. The van der Waals surface area contributed by atoms with Crippen LogP contribution in [0, 0.1) is 0 Å². The number of sulfone groups is 1. The van der Waals surface area contributed by atoms with Crippen LogP contribution in [0.25, 0.3) is 0 Å². The molecule has 0 aromatic heterocycles. The summed E-state index contributed by atoms with van der Waals surface area (Å²) in [6.45, 7) is 0. The minimum Gasteiger partial charge on any atom is -0.316 e. The number of fused-ring (bicyclic) bond motifs is 1. The van der Waals surface area contributed by atoms with E-state index in [2.05, 4.69) is 20.9 Å². The third kappa shape index (κ3) is 4.30. The minimum atomic E-state index is -3.08. The number of anilines is 1. The number of amidine groups is 1. The first-order chi connectivity index (χ1) is 13.3. The number of aliphatic imine (C=N–C) groups is 1. The van der Waals surface area contributed by atoms with Crippen molar-refractivity contribution >= 4 is 65.9 Å². The third-order valence-corrected chi connectivity index (χ3v) is 8.65. The van der Waals surface area contributed by atoms with Gasteiger partial charge in [0.05, 0.1) is 24.0 Å². The average molecular weight is 500 g/mol. The lowest BCUT2D eigenvalue weighted by molar-refractivity contribution is -0.117. The molecule has 4 rings (SSSR count). The predicted molar refractivity (Wildman–Crippen MR) is 118 cm³/mol. The van der Waals surface area contributed by atoms with Gasteiger partial charge >= 0.3 is 0 Å². The van der Waals surface area contributed by atoms with Gasteiger partial charge in [0.2, 0.25) is 0 Å². The van der Waals surface area contributed by atoms with Crippen molar-refractivity contribution in [1.82, 2.24) is 0 Å². The summed E-state index contributed by atoms with van der Waals surface area (Å²) in [6, 6.07) is 14.5. The molecule has 2 aromatic carbocycles. The molecule has 0 N–H and O–H groups in total. The Morgan fingerprint density at radius 2 is 1.82 bits per heavy atom. The Bertz CT molecular complexity index is 1040. The van der Waals surface area contributed by atoms with E-state index in [9.17, 15) is 13.2 Å². The normalized spacial score (nSPS) is 24.5. The van der Waals surface area contributed by atoms with E-state index in [4.69, 9.17) is 11.6 Å². The van der Waals surface area contributed by atoms with Crippen LogP contribution in [-0.4, -0.2) is 42.3 Å². The zero-order valence-corrected chi connectivity index (χ0v) is 18.6. The molecular formula is C19H16BrClN2O3S2. The summed E-state index contributed by atoms with van der Waals surface area (Å²) in [5.74, 6) is -0.0833. The molecule has 0 radical (unpaired) electrons. The van der Waals surface area contributed by atoms with E-state index in [0.717, 1.165) is 15.7 Å². The summed E-state index contributed by atoms with van der Waals surface area (Å²) < 4.78 is 25.1. The van der Waals surface area contributed by atoms with Crippen LogP contribution in [0.1, 0.15) is 5.56 Å². The number of benzene rings is 2. The fourth-order valence-corrected chi connectivity index (χ4v) is 7.71. The monoisotopic (exact) mass is 498 g/mol. The highest BCUT2D eigenvalue weighted by atomic mass is 79.9. The van der Waals surface area contributed by atoms with Crippen molar-refractivity contribution in [2.24, 2.45) is 4.99 Å². The maximum atomic E-state index is 12.5. The Labute approximate surface area is 181 Å². The number of hydrogen-bond acceptors (Lipinski definition) is 4. The van der Waals surface area contributed by atoms with Crippen LogP contribution in [0.15, 0.2) is 58.0 Å². The minimum absolute atomic E-state index is 0.0745. The van der Waals surface area contributed by atoms with Gasteiger partial charge in [-0.2, -0.15) is 4.99 Å². The summed E-state index contributed by atoms with van der Waals surface area (Å²) in [4.78, 5) is 18.8. The Morgan fingerprint density at radius 1 is 1.14 bits per heavy atom. The Balaban J connectivity index is 1.62. The van der Waals surface area contributed by atoms with Crippen molar-refractivity contribution in [3.05, 3.63) is 63.6 Å². The van der Waals surface area contributed by atoms with Crippen molar-refractivity contribution in [3.63, 3.8) is 0 Å². The molecule has 2 aliphatic heterocycles. The van der Waals surface area contributed by atoms with E-state index in [-0.39, 0.29) is 35.1 Å². The fourth-order valence-electron chi connectivity index (χ4n) is 3.39. The number of carbonyl (C=O) groups is 1. The van der Waals surface area contributed by atoms with Crippen LogP contribution in [0.5, 0.6) is 0 Å². The van der Waals surface area contributed by atoms with E-state index >= 15 is 0 Å². The molecule has 2 saturated heterocycles. The molecule has 0 unspecified atom stereocenters. The summed E-state index contributed by atoms with van der Waals surface area (Å²) in [5, 5.41) is 1.06. The zero-order valence-electron chi connectivity index (χ0n) is 14.6. The van der Waals surface area contributed by atoms with Crippen LogP contribution < -0.4 is 4.90 Å². The smallest absolute Gasteiger partial charge is 0.252 e. The van der Waals surface area contributed by atoms with Crippen LogP contribution >= 0.6 is 39.3 Å². The summed E-state index contributed by atoms with van der Waals surface area (Å²) in [5.41, 5.74) is 1.66. The first-order valence-corrected chi connectivity index (χ1v) is 12.5. The number of thioether (sulfide) groups is 1. The predicted octanol–water partition coefficient (Wildman–Crippen LogP) is 3.95. The maximum absolute atomic E-state index is 12.5. The second-order valence-electron chi connectivity index (χ2n) is 6.74. The van der Waals surface area contributed by atoms with Gasteiger partial charge in [-0.15, -0.1) is 0 Å². The highest BCUT2D eigenvalue weighted by Gasteiger charge is 2.49. The zero-order chi connectivity index (χ0) is 19.9. The lowest BCUT2D eigenvalue weighted by Crippen LogP contribution is -2.37. The standard InChI is InChI=1S/C19H16BrClN2O3S2/c20-13-3-7-15(8-4-13)23-16-10-28(25,26)11-17(16)27-19(23)22-18(24)9-12-1-5-14(21)6-2-12/h1-8,16-17H,9-11H2/t16-,17+/m1/s1. The number of rotatable bonds is 3. The van der Waals surface area contributed by atoms with Gasteiger partial charge in [0.25, 0.3) is 5.91 Å². The molecule has 2 heterocycles. The first-order valence-electron chi connectivity index (χ1n) is 8.58. The molecular weight excluding hydrogens is 484 g/mol. The average Bonchev–Trinajstić information content (AvgIpc) is 3.09. The third-order valence-electron chi connectivity index (χ3n) is 4.66. The van der Waals surface area contributed by atoms with Gasteiger partial charge in [-0.05, 0) is 42.0 Å². The van der Waals surface area contributed by atoms with Gasteiger partial charge in [-0.1, -0.05) is 51.4 Å². The lowest BCUT2D eigenvalue weighted by atomic mass is 10.1. The molecule has 0 saturated carbocycles. The van der Waals surface area contributed by atoms with Gasteiger partial charge < -0.3 is 4.90 Å². The molecule has 2 aliphatic rings. The Morgan fingerprint density at radius 3 is 2.50 bits per heavy atom. The fraction of sp³-hybridized carbons (Fsp3) is 0.263. The highest BCUT2D eigenvalue weighted by Crippen LogP contribution is 2.41. The largest absolute Gasteiger partial charge is 0.316 e. The van der Waals surface area contributed by atoms with Gasteiger partial charge in [0.1, 0.15) is 0 Å². The number of hydrogen-bond donors (Lipinski definition) is 0. The number of halogens is 2. The van der Waals surface area contributed by atoms with Crippen LogP contribution in [0.4, 0.5) is 5.69 Å². The molecule has 5 nitrogen and oxygen atoms in total. The summed E-state index contributed by atoms with van der Waals surface area (Å²) >= 11 is 10.7.